The van der Waals surface area contributed by atoms with Crippen LogP contribution in [0.1, 0.15) is 61.3 Å². The first-order valence-corrected chi connectivity index (χ1v) is 16.2. The number of carbonyl (C=O) groups is 4. The smallest absolute Gasteiger partial charge is 0.410 e. The topological polar surface area (TPSA) is 138 Å². The SMILES string of the molecule is CCN(CC)c1cc(N2CCN(C(=O)OCC(=O)OC3C(=O)C(OC(C)(C)C)C(=O)N4CCCC34)CC2)nc(N(CC)CC)n1. The number of nitrogens with zero attached hydrogens (tertiary/aromatic N) is 7. The molecule has 3 unspecified atom stereocenters. The minimum Gasteiger partial charge on any atom is -0.449 e. The second kappa shape index (κ2) is 14.6. The second-order valence-corrected chi connectivity index (χ2v) is 12.4. The number of amides is 2. The minimum absolute atomic E-state index is 0.380. The van der Waals surface area contributed by atoms with Crippen molar-refractivity contribution in [2.24, 2.45) is 0 Å². The van der Waals surface area contributed by atoms with Crippen molar-refractivity contribution >= 4 is 41.3 Å². The Morgan fingerprint density at radius 2 is 1.58 bits per heavy atom. The van der Waals surface area contributed by atoms with Crippen molar-refractivity contribution in [1.82, 2.24) is 19.8 Å². The highest BCUT2D eigenvalue weighted by atomic mass is 16.6. The number of anilines is 3. The molecule has 1 aromatic rings. The number of piperazine rings is 1. The molecule has 14 heteroatoms. The zero-order valence-corrected chi connectivity index (χ0v) is 27.8. The van der Waals surface area contributed by atoms with Crippen molar-refractivity contribution in [1.29, 1.82) is 0 Å². The molecule has 14 nitrogen and oxygen atoms in total. The molecule has 3 fully saturated rings. The van der Waals surface area contributed by atoms with Crippen molar-refractivity contribution in [2.45, 2.75) is 85.2 Å². The van der Waals surface area contributed by atoms with Crippen LogP contribution in [0.15, 0.2) is 6.07 Å². The third-order valence-corrected chi connectivity index (χ3v) is 8.42. The average molecular weight is 632 g/mol. The van der Waals surface area contributed by atoms with Crippen LogP contribution in [-0.4, -0.2) is 133 Å². The predicted molar refractivity (Wildman–Crippen MR) is 169 cm³/mol. The van der Waals surface area contributed by atoms with E-state index in [1.54, 1.807) is 25.7 Å². The highest BCUT2D eigenvalue weighted by Crippen LogP contribution is 2.31. The number of piperidine rings is 1. The van der Waals surface area contributed by atoms with E-state index >= 15 is 0 Å². The van der Waals surface area contributed by atoms with Crippen LogP contribution in [0.4, 0.5) is 22.4 Å². The molecule has 0 bridgehead atoms. The molecule has 0 aromatic carbocycles. The van der Waals surface area contributed by atoms with Crippen LogP contribution in [0, 0.1) is 0 Å². The molecule has 0 spiro atoms. The maximum absolute atomic E-state index is 13.2. The van der Waals surface area contributed by atoms with E-state index in [-0.39, 0.29) is 0 Å². The first-order chi connectivity index (χ1) is 21.4. The fourth-order valence-corrected chi connectivity index (χ4v) is 6.03. The number of esters is 1. The van der Waals surface area contributed by atoms with Crippen molar-refractivity contribution < 1.29 is 33.4 Å². The molecule has 1 aromatic heterocycles. The molecule has 0 saturated carbocycles. The molecular formula is C31H49N7O7. The predicted octanol–water partition coefficient (Wildman–Crippen LogP) is 2.10. The van der Waals surface area contributed by atoms with Crippen molar-refractivity contribution in [2.75, 3.05) is 80.2 Å². The second-order valence-electron chi connectivity index (χ2n) is 12.4. The molecular weight excluding hydrogens is 582 g/mol. The summed E-state index contributed by atoms with van der Waals surface area (Å²) in [5.74, 6) is 0.529. The van der Waals surface area contributed by atoms with Crippen LogP contribution in [-0.2, 0) is 28.6 Å². The standard InChI is InChI=1S/C31H49N7O7/c1-8-34(9-2)22-19-23(33-29(32-22)35(10-3)11-4)36-15-17-37(18-16-36)30(42)43-20-24(39)44-26-21-13-12-14-38(21)28(41)27(25(26)40)45-31(5,6)7/h19,21,26-27H,8-18,20H2,1-7H3. The van der Waals surface area contributed by atoms with Gasteiger partial charge in [-0.15, -0.1) is 0 Å². The van der Waals surface area contributed by atoms with Gasteiger partial charge in [0.05, 0.1) is 11.6 Å². The molecule has 0 aliphatic carbocycles. The lowest BCUT2D eigenvalue weighted by Gasteiger charge is -2.40. The zero-order chi connectivity index (χ0) is 32.9. The summed E-state index contributed by atoms with van der Waals surface area (Å²) in [6.07, 6.45) is -1.90. The van der Waals surface area contributed by atoms with E-state index in [4.69, 9.17) is 24.2 Å². The summed E-state index contributed by atoms with van der Waals surface area (Å²) in [7, 11) is 0. The zero-order valence-electron chi connectivity index (χ0n) is 27.8. The quantitative estimate of drug-likeness (QED) is 0.261. The first kappa shape index (κ1) is 34.2. The van der Waals surface area contributed by atoms with E-state index in [2.05, 4.69) is 42.4 Å². The Balaban J connectivity index is 1.34. The molecule has 4 heterocycles. The van der Waals surface area contributed by atoms with Gasteiger partial charge >= 0.3 is 12.1 Å². The normalized spacial score (nSPS) is 21.9. The van der Waals surface area contributed by atoms with Gasteiger partial charge in [0.25, 0.3) is 5.91 Å². The minimum atomic E-state index is -1.34. The Morgan fingerprint density at radius 1 is 0.933 bits per heavy atom. The number of ether oxygens (including phenoxy) is 3. The molecule has 3 aliphatic heterocycles. The third-order valence-electron chi connectivity index (χ3n) is 8.42. The van der Waals surface area contributed by atoms with E-state index in [1.807, 2.05) is 6.07 Å². The number of rotatable bonds is 11. The Kier molecular flexibility index (Phi) is 11.1. The lowest BCUT2D eigenvalue weighted by molar-refractivity contribution is -0.185. The molecule has 2 amide bonds. The summed E-state index contributed by atoms with van der Waals surface area (Å²) in [6, 6.07) is 1.45. The number of ketones is 1. The van der Waals surface area contributed by atoms with Crippen LogP contribution in [0.25, 0.3) is 0 Å². The van der Waals surface area contributed by atoms with Crippen LogP contribution in [0.3, 0.4) is 0 Å². The van der Waals surface area contributed by atoms with Gasteiger partial charge in [-0.1, -0.05) is 0 Å². The van der Waals surface area contributed by atoms with Crippen LogP contribution >= 0.6 is 0 Å². The number of Topliss-reactive ketones (excluding diaryl/α,β-unsaturated/α-hetero) is 1. The van der Waals surface area contributed by atoms with Gasteiger partial charge in [-0.05, 0) is 61.3 Å². The van der Waals surface area contributed by atoms with Gasteiger partial charge in [0, 0.05) is 65.0 Å². The largest absolute Gasteiger partial charge is 0.449 e. The van der Waals surface area contributed by atoms with Crippen LogP contribution in [0.2, 0.25) is 0 Å². The fraction of sp³-hybridized carbons (Fsp3) is 0.742. The molecule has 4 rings (SSSR count). The summed E-state index contributed by atoms with van der Waals surface area (Å²) in [6.45, 7) is 18.5. The average Bonchev–Trinajstić information content (AvgIpc) is 3.51. The van der Waals surface area contributed by atoms with Gasteiger partial charge in [-0.2, -0.15) is 9.97 Å². The Bertz CT molecular complexity index is 1190. The monoisotopic (exact) mass is 631 g/mol. The van der Waals surface area contributed by atoms with E-state index in [0.717, 1.165) is 37.8 Å². The van der Waals surface area contributed by atoms with Gasteiger partial charge in [0.2, 0.25) is 11.7 Å². The number of carbonyl (C=O) groups excluding carboxylic acids is 4. The number of fused-ring (bicyclic) bond motifs is 1. The number of aromatic nitrogens is 2. The van der Waals surface area contributed by atoms with Crippen LogP contribution < -0.4 is 14.7 Å². The highest BCUT2D eigenvalue weighted by molar-refractivity contribution is 6.09. The Hall–Kier alpha value is -3.68. The summed E-state index contributed by atoms with van der Waals surface area (Å²) < 4.78 is 16.6. The fourth-order valence-electron chi connectivity index (χ4n) is 6.03. The van der Waals surface area contributed by atoms with Gasteiger partial charge in [-0.25, -0.2) is 9.59 Å². The van der Waals surface area contributed by atoms with Gasteiger partial charge in [0.15, 0.2) is 18.8 Å². The molecule has 0 N–H and O–H groups in total. The molecule has 250 valence electrons. The molecule has 3 aliphatic rings. The van der Waals surface area contributed by atoms with Crippen molar-refractivity contribution in [3.05, 3.63) is 6.07 Å². The Labute approximate surface area is 265 Å². The summed E-state index contributed by atoms with van der Waals surface area (Å²) in [5.41, 5.74) is -0.745. The maximum atomic E-state index is 13.2. The highest BCUT2D eigenvalue weighted by Gasteiger charge is 2.53. The summed E-state index contributed by atoms with van der Waals surface area (Å²) in [4.78, 5) is 71.0. The van der Waals surface area contributed by atoms with Gasteiger partial charge in [-0.3, -0.25) is 9.59 Å². The van der Waals surface area contributed by atoms with Gasteiger partial charge < -0.3 is 38.7 Å². The van der Waals surface area contributed by atoms with Crippen LogP contribution in [0.5, 0.6) is 0 Å². The molecule has 0 radical (unpaired) electrons. The van der Waals surface area contributed by atoms with Crippen molar-refractivity contribution in [3.63, 3.8) is 0 Å². The Morgan fingerprint density at radius 3 is 2.18 bits per heavy atom. The number of hydrogen-bond acceptors (Lipinski definition) is 12. The number of hydrogen-bond donors (Lipinski definition) is 0. The maximum Gasteiger partial charge on any atom is 0.410 e. The summed E-state index contributed by atoms with van der Waals surface area (Å²) in [5, 5.41) is 0. The van der Waals surface area contributed by atoms with E-state index in [1.165, 1.54) is 4.90 Å². The molecule has 3 saturated heterocycles. The molecule has 45 heavy (non-hydrogen) atoms. The van der Waals surface area contributed by atoms with E-state index < -0.39 is 54.2 Å². The molecule has 3 atom stereocenters. The third kappa shape index (κ3) is 7.95. The lowest BCUT2D eigenvalue weighted by atomic mass is 9.94. The van der Waals surface area contributed by atoms with E-state index in [0.29, 0.717) is 51.5 Å². The van der Waals surface area contributed by atoms with E-state index in [9.17, 15) is 19.2 Å². The van der Waals surface area contributed by atoms with Gasteiger partial charge in [0.1, 0.15) is 11.6 Å². The van der Waals surface area contributed by atoms with Crippen molar-refractivity contribution in [3.8, 4) is 0 Å². The lowest BCUT2D eigenvalue weighted by Crippen LogP contribution is -2.63. The summed E-state index contributed by atoms with van der Waals surface area (Å²) >= 11 is 0. The first-order valence-electron chi connectivity index (χ1n) is 16.2.